The molecule has 2 aromatic carbocycles. The highest BCUT2D eigenvalue weighted by Gasteiger charge is 2.35. The number of anilines is 1. The first-order valence-corrected chi connectivity index (χ1v) is 11.3. The van der Waals surface area contributed by atoms with E-state index in [-0.39, 0.29) is 5.41 Å². The SMILES string of the molecule is CN=C(NCC1(c2cccc(Cl)c2)CCOCC1)N1CCN(c2ccccc2O)CC1. The molecule has 2 saturated heterocycles. The van der Waals surface area contributed by atoms with E-state index in [1.165, 1.54) is 5.56 Å². The summed E-state index contributed by atoms with van der Waals surface area (Å²) in [5.74, 6) is 1.26. The highest BCUT2D eigenvalue weighted by Crippen LogP contribution is 2.35. The van der Waals surface area contributed by atoms with Crippen molar-refractivity contribution < 1.29 is 9.84 Å². The second-order valence-electron chi connectivity index (χ2n) is 8.27. The molecule has 0 aromatic heterocycles. The minimum absolute atomic E-state index is 0.0171. The zero-order valence-corrected chi connectivity index (χ0v) is 18.8. The van der Waals surface area contributed by atoms with Crippen molar-refractivity contribution in [1.29, 1.82) is 0 Å². The largest absolute Gasteiger partial charge is 0.506 e. The highest BCUT2D eigenvalue weighted by atomic mass is 35.5. The Labute approximate surface area is 189 Å². The van der Waals surface area contributed by atoms with Gasteiger partial charge in [0.2, 0.25) is 0 Å². The quantitative estimate of drug-likeness (QED) is 0.560. The van der Waals surface area contributed by atoms with Crippen LogP contribution in [0.4, 0.5) is 5.69 Å². The van der Waals surface area contributed by atoms with Crippen LogP contribution in [0.5, 0.6) is 5.75 Å². The Bertz CT molecular complexity index is 906. The predicted molar refractivity (Wildman–Crippen MR) is 126 cm³/mol. The number of aliphatic imine (C=N–C) groups is 1. The van der Waals surface area contributed by atoms with Crippen LogP contribution in [0.15, 0.2) is 53.5 Å². The van der Waals surface area contributed by atoms with Crippen molar-refractivity contribution >= 4 is 23.2 Å². The smallest absolute Gasteiger partial charge is 0.193 e. The Hall–Kier alpha value is -2.44. The van der Waals surface area contributed by atoms with Crippen molar-refractivity contribution in [3.63, 3.8) is 0 Å². The Morgan fingerprint density at radius 2 is 1.84 bits per heavy atom. The van der Waals surface area contributed by atoms with Crippen LogP contribution >= 0.6 is 11.6 Å². The van der Waals surface area contributed by atoms with Crippen molar-refractivity contribution in [2.75, 3.05) is 57.9 Å². The van der Waals surface area contributed by atoms with Crippen LogP contribution in [0, 0.1) is 0 Å². The van der Waals surface area contributed by atoms with Crippen molar-refractivity contribution in [3.8, 4) is 5.75 Å². The molecule has 6 nitrogen and oxygen atoms in total. The molecule has 2 N–H and O–H groups in total. The number of hydrogen-bond donors (Lipinski definition) is 2. The molecule has 2 aliphatic rings. The molecule has 4 rings (SSSR count). The number of halogens is 1. The van der Waals surface area contributed by atoms with E-state index in [0.717, 1.165) is 75.4 Å². The molecule has 0 saturated carbocycles. The zero-order chi connectivity index (χ0) is 21.7. The molecule has 2 aliphatic heterocycles. The Morgan fingerprint density at radius 1 is 1.10 bits per heavy atom. The number of hydrogen-bond acceptors (Lipinski definition) is 4. The number of phenols is 1. The van der Waals surface area contributed by atoms with E-state index >= 15 is 0 Å². The standard InChI is InChI=1S/C24H31ClN4O2/c1-26-23(29-13-11-28(12-14-29)21-7-2-3-8-22(21)30)27-18-24(9-15-31-16-10-24)19-5-4-6-20(25)17-19/h2-8,17,30H,9-16,18H2,1H3,(H,26,27). The maximum Gasteiger partial charge on any atom is 0.193 e. The summed E-state index contributed by atoms with van der Waals surface area (Å²) in [6, 6.07) is 15.7. The van der Waals surface area contributed by atoms with Crippen LogP contribution in [-0.4, -0.2) is 69.0 Å². The van der Waals surface area contributed by atoms with Gasteiger partial charge in [-0.1, -0.05) is 35.9 Å². The summed E-state index contributed by atoms with van der Waals surface area (Å²) < 4.78 is 5.66. The van der Waals surface area contributed by atoms with Gasteiger partial charge < -0.3 is 25.0 Å². The van der Waals surface area contributed by atoms with Gasteiger partial charge in [-0.25, -0.2) is 0 Å². The minimum Gasteiger partial charge on any atom is -0.506 e. The Kier molecular flexibility index (Phi) is 6.88. The molecule has 0 aliphatic carbocycles. The lowest BCUT2D eigenvalue weighted by molar-refractivity contribution is 0.0511. The highest BCUT2D eigenvalue weighted by molar-refractivity contribution is 6.30. The van der Waals surface area contributed by atoms with Crippen LogP contribution in [0.2, 0.25) is 5.02 Å². The third-order valence-electron chi connectivity index (χ3n) is 6.49. The topological polar surface area (TPSA) is 60.3 Å². The summed E-state index contributed by atoms with van der Waals surface area (Å²) in [5.41, 5.74) is 2.14. The lowest BCUT2D eigenvalue weighted by Crippen LogP contribution is -2.55. The van der Waals surface area contributed by atoms with E-state index in [2.05, 4.69) is 32.2 Å². The van der Waals surface area contributed by atoms with Gasteiger partial charge in [-0.05, 0) is 42.7 Å². The van der Waals surface area contributed by atoms with E-state index in [9.17, 15) is 5.11 Å². The fraction of sp³-hybridized carbons (Fsp3) is 0.458. The zero-order valence-electron chi connectivity index (χ0n) is 18.1. The maximum atomic E-state index is 10.2. The monoisotopic (exact) mass is 442 g/mol. The molecule has 0 atom stereocenters. The molecule has 0 amide bonds. The number of guanidine groups is 1. The molecule has 166 valence electrons. The first kappa shape index (κ1) is 21.8. The van der Waals surface area contributed by atoms with Gasteiger partial charge in [0.25, 0.3) is 0 Å². The van der Waals surface area contributed by atoms with Gasteiger partial charge in [0, 0.05) is 63.4 Å². The Balaban J connectivity index is 1.41. The number of ether oxygens (including phenoxy) is 1. The average molecular weight is 443 g/mol. The number of phenolic OH excluding ortho intramolecular Hbond substituents is 1. The molecule has 0 spiro atoms. The normalized spacial score (nSPS) is 19.4. The number of nitrogens with one attached hydrogen (secondary N) is 1. The molecule has 2 fully saturated rings. The van der Waals surface area contributed by atoms with E-state index in [0.29, 0.717) is 5.75 Å². The molecule has 0 radical (unpaired) electrons. The number of nitrogens with zero attached hydrogens (tertiary/aromatic N) is 3. The summed E-state index contributed by atoms with van der Waals surface area (Å²) in [7, 11) is 1.84. The predicted octanol–water partition coefficient (Wildman–Crippen LogP) is 3.49. The molecule has 7 heteroatoms. The van der Waals surface area contributed by atoms with E-state index in [1.54, 1.807) is 6.07 Å². The molecule has 0 bridgehead atoms. The third kappa shape index (κ3) is 4.91. The van der Waals surface area contributed by atoms with Gasteiger partial charge >= 0.3 is 0 Å². The van der Waals surface area contributed by atoms with E-state index in [4.69, 9.17) is 16.3 Å². The molecule has 2 heterocycles. The molecular formula is C24H31ClN4O2. The molecule has 2 aromatic rings. The van der Waals surface area contributed by atoms with Crippen LogP contribution in [0.1, 0.15) is 18.4 Å². The van der Waals surface area contributed by atoms with Crippen LogP contribution in [0.3, 0.4) is 0 Å². The summed E-state index contributed by atoms with van der Waals surface area (Å²) in [5, 5.41) is 14.6. The van der Waals surface area contributed by atoms with Crippen molar-refractivity contribution in [1.82, 2.24) is 10.2 Å². The lowest BCUT2D eigenvalue weighted by atomic mass is 9.74. The molecular weight excluding hydrogens is 412 g/mol. The second-order valence-corrected chi connectivity index (χ2v) is 8.70. The summed E-state index contributed by atoms with van der Waals surface area (Å²) in [6.07, 6.45) is 1.91. The number of benzene rings is 2. The Morgan fingerprint density at radius 3 is 2.52 bits per heavy atom. The van der Waals surface area contributed by atoms with E-state index in [1.807, 2.05) is 37.4 Å². The molecule has 31 heavy (non-hydrogen) atoms. The third-order valence-corrected chi connectivity index (χ3v) is 6.72. The van der Waals surface area contributed by atoms with Crippen molar-refractivity contribution in [2.24, 2.45) is 4.99 Å². The number of rotatable bonds is 4. The van der Waals surface area contributed by atoms with E-state index < -0.39 is 0 Å². The number of para-hydroxylation sites is 2. The number of piperazine rings is 1. The lowest BCUT2D eigenvalue weighted by Gasteiger charge is -2.41. The van der Waals surface area contributed by atoms with Crippen LogP contribution in [-0.2, 0) is 10.2 Å². The van der Waals surface area contributed by atoms with Gasteiger partial charge in [-0.15, -0.1) is 0 Å². The summed E-state index contributed by atoms with van der Waals surface area (Å²) in [6.45, 7) is 5.68. The van der Waals surface area contributed by atoms with Crippen LogP contribution < -0.4 is 10.2 Å². The summed E-state index contributed by atoms with van der Waals surface area (Å²) in [4.78, 5) is 9.08. The van der Waals surface area contributed by atoms with Gasteiger partial charge in [0.05, 0.1) is 5.69 Å². The molecule has 0 unspecified atom stereocenters. The first-order chi connectivity index (χ1) is 15.1. The number of aromatic hydroxyl groups is 1. The van der Waals surface area contributed by atoms with Gasteiger partial charge in [0.1, 0.15) is 5.75 Å². The van der Waals surface area contributed by atoms with Crippen molar-refractivity contribution in [3.05, 3.63) is 59.1 Å². The van der Waals surface area contributed by atoms with Gasteiger partial charge in [-0.3, -0.25) is 4.99 Å². The minimum atomic E-state index is -0.0171. The fourth-order valence-corrected chi connectivity index (χ4v) is 4.81. The van der Waals surface area contributed by atoms with Gasteiger partial charge in [-0.2, -0.15) is 0 Å². The average Bonchev–Trinajstić information content (AvgIpc) is 2.81. The van der Waals surface area contributed by atoms with Crippen LogP contribution in [0.25, 0.3) is 0 Å². The fourth-order valence-electron chi connectivity index (χ4n) is 4.62. The second kappa shape index (κ2) is 9.79. The van der Waals surface area contributed by atoms with Crippen molar-refractivity contribution in [2.45, 2.75) is 18.3 Å². The maximum absolute atomic E-state index is 10.2. The van der Waals surface area contributed by atoms with Gasteiger partial charge in [0.15, 0.2) is 5.96 Å². The first-order valence-electron chi connectivity index (χ1n) is 10.9. The summed E-state index contributed by atoms with van der Waals surface area (Å²) >= 11 is 6.31.